The van der Waals surface area contributed by atoms with E-state index in [0.29, 0.717) is 23.3 Å². The second-order valence-electron chi connectivity index (χ2n) is 5.42. The first-order valence-corrected chi connectivity index (χ1v) is 8.95. The van der Waals surface area contributed by atoms with Gasteiger partial charge in [-0.3, -0.25) is 4.79 Å². The molecule has 0 spiro atoms. The van der Waals surface area contributed by atoms with Crippen molar-refractivity contribution in [1.29, 1.82) is 0 Å². The van der Waals surface area contributed by atoms with E-state index >= 15 is 0 Å². The first kappa shape index (κ1) is 16.7. The monoisotopic (exact) mass is 355 g/mol. The number of fused-ring (bicyclic) bond motifs is 1. The Morgan fingerprint density at radius 1 is 1.21 bits per heavy atom. The Bertz CT molecular complexity index is 922. The van der Waals surface area contributed by atoms with Crippen molar-refractivity contribution in [3.05, 3.63) is 75.8 Å². The number of thioether (sulfide) groups is 1. The van der Waals surface area contributed by atoms with E-state index in [1.165, 1.54) is 5.56 Å². The van der Waals surface area contributed by atoms with E-state index in [4.69, 9.17) is 12.2 Å². The average Bonchev–Trinajstić information content (AvgIpc) is 2.59. The van der Waals surface area contributed by atoms with Crippen molar-refractivity contribution >= 4 is 39.2 Å². The highest BCUT2D eigenvalue weighted by atomic mass is 32.2. The molecule has 0 aliphatic rings. The maximum absolute atomic E-state index is 12.0. The Balaban J connectivity index is 1.61. The zero-order valence-electron chi connectivity index (χ0n) is 13.2. The predicted octanol–water partition coefficient (Wildman–Crippen LogP) is 3.54. The molecule has 0 saturated carbocycles. The molecule has 0 amide bonds. The molecular formula is C18H17N3OS2. The van der Waals surface area contributed by atoms with E-state index in [1.54, 1.807) is 18.7 Å². The fourth-order valence-corrected chi connectivity index (χ4v) is 3.27. The van der Waals surface area contributed by atoms with Crippen molar-refractivity contribution in [3.63, 3.8) is 0 Å². The number of aromatic amines is 1. The Hall–Kier alpha value is -2.18. The van der Waals surface area contributed by atoms with Gasteiger partial charge in [-0.2, -0.15) is 0 Å². The topological polar surface area (TPSA) is 57.8 Å². The molecule has 0 aliphatic carbocycles. The molecule has 2 N–H and O–H groups in total. The number of hydrogen-bond donors (Lipinski definition) is 2. The number of nitrogens with zero attached hydrogens (tertiary/aromatic N) is 1. The first-order chi connectivity index (χ1) is 11.6. The summed E-state index contributed by atoms with van der Waals surface area (Å²) in [5, 5.41) is 3.83. The first-order valence-electron chi connectivity index (χ1n) is 7.56. The van der Waals surface area contributed by atoms with Crippen molar-refractivity contribution in [3.8, 4) is 0 Å². The standard InChI is InChI=1S/C18H17N3OS2/c1-12-20-16-8-7-14(9-15(16)17(22)21-12)10-19-18(23)24-11-13-5-3-2-4-6-13/h2-9H,10-11H2,1H3,(H,19,23)(H,20,21,22). The van der Waals surface area contributed by atoms with Gasteiger partial charge in [0.15, 0.2) is 0 Å². The van der Waals surface area contributed by atoms with E-state index in [9.17, 15) is 4.79 Å². The van der Waals surface area contributed by atoms with Crippen LogP contribution >= 0.6 is 24.0 Å². The highest BCUT2D eigenvalue weighted by Gasteiger charge is 2.04. The van der Waals surface area contributed by atoms with Crippen LogP contribution in [-0.2, 0) is 12.3 Å². The van der Waals surface area contributed by atoms with Gasteiger partial charge in [-0.1, -0.05) is 60.4 Å². The maximum atomic E-state index is 12.0. The molecule has 0 radical (unpaired) electrons. The van der Waals surface area contributed by atoms with Crippen LogP contribution in [0.1, 0.15) is 17.0 Å². The minimum atomic E-state index is -0.111. The van der Waals surface area contributed by atoms with Crippen LogP contribution in [0.2, 0.25) is 0 Å². The summed E-state index contributed by atoms with van der Waals surface area (Å²) in [6.07, 6.45) is 0. The second kappa shape index (κ2) is 7.59. The molecule has 3 aromatic rings. The van der Waals surface area contributed by atoms with Crippen molar-refractivity contribution in [2.45, 2.75) is 19.2 Å². The smallest absolute Gasteiger partial charge is 0.258 e. The molecule has 1 aromatic heterocycles. The van der Waals surface area contributed by atoms with E-state index in [2.05, 4.69) is 27.4 Å². The number of aromatic nitrogens is 2. The predicted molar refractivity (Wildman–Crippen MR) is 104 cm³/mol. The maximum Gasteiger partial charge on any atom is 0.258 e. The van der Waals surface area contributed by atoms with Gasteiger partial charge < -0.3 is 10.3 Å². The molecule has 0 unspecified atom stereocenters. The Morgan fingerprint density at radius 3 is 2.79 bits per heavy atom. The summed E-state index contributed by atoms with van der Waals surface area (Å²) < 4.78 is 0.745. The number of nitrogens with one attached hydrogen (secondary N) is 2. The third kappa shape index (κ3) is 4.21. The van der Waals surface area contributed by atoms with Gasteiger partial charge in [0.05, 0.1) is 10.9 Å². The van der Waals surface area contributed by atoms with E-state index in [1.807, 2.05) is 36.4 Å². The Labute approximate surface area is 149 Å². The number of thiocarbonyl (C=S) groups is 1. The summed E-state index contributed by atoms with van der Waals surface area (Å²) in [6, 6.07) is 15.9. The Morgan fingerprint density at radius 2 is 2.00 bits per heavy atom. The van der Waals surface area contributed by atoms with Gasteiger partial charge in [0, 0.05) is 12.3 Å². The van der Waals surface area contributed by atoms with Crippen LogP contribution < -0.4 is 10.9 Å². The summed E-state index contributed by atoms with van der Waals surface area (Å²) in [6.45, 7) is 2.36. The molecule has 0 saturated heterocycles. The zero-order chi connectivity index (χ0) is 16.9. The number of aryl methyl sites for hydroxylation is 1. The van der Waals surface area contributed by atoms with Crippen molar-refractivity contribution < 1.29 is 0 Å². The molecule has 24 heavy (non-hydrogen) atoms. The van der Waals surface area contributed by atoms with Crippen LogP contribution in [0.15, 0.2) is 53.3 Å². The third-order valence-corrected chi connectivity index (χ3v) is 4.92. The molecule has 1 heterocycles. The van der Waals surface area contributed by atoms with Gasteiger partial charge in [-0.15, -0.1) is 0 Å². The molecular weight excluding hydrogens is 338 g/mol. The van der Waals surface area contributed by atoms with Gasteiger partial charge in [0.2, 0.25) is 0 Å². The molecule has 0 bridgehead atoms. The number of benzene rings is 2. The SMILES string of the molecule is Cc1nc2ccc(CNC(=S)SCc3ccccc3)cc2c(=O)[nH]1. The van der Waals surface area contributed by atoms with Crippen molar-refractivity contribution in [2.75, 3.05) is 0 Å². The molecule has 2 aromatic carbocycles. The van der Waals surface area contributed by atoms with Crippen molar-refractivity contribution in [2.24, 2.45) is 0 Å². The van der Waals surface area contributed by atoms with Crippen LogP contribution in [0.4, 0.5) is 0 Å². The summed E-state index contributed by atoms with van der Waals surface area (Å²) in [7, 11) is 0. The number of hydrogen-bond acceptors (Lipinski definition) is 4. The average molecular weight is 355 g/mol. The summed E-state index contributed by atoms with van der Waals surface area (Å²) in [4.78, 5) is 19.1. The van der Waals surface area contributed by atoms with Crippen LogP contribution in [0.5, 0.6) is 0 Å². The zero-order valence-corrected chi connectivity index (χ0v) is 14.8. The van der Waals surface area contributed by atoms with E-state index in [0.717, 1.165) is 15.6 Å². The lowest BCUT2D eigenvalue weighted by Crippen LogP contribution is -2.18. The van der Waals surface area contributed by atoms with E-state index in [-0.39, 0.29) is 5.56 Å². The third-order valence-electron chi connectivity index (χ3n) is 3.54. The molecule has 0 aliphatic heterocycles. The summed E-state index contributed by atoms with van der Waals surface area (Å²) in [5.41, 5.74) is 2.84. The highest BCUT2D eigenvalue weighted by Crippen LogP contribution is 2.14. The van der Waals surface area contributed by atoms with Crippen molar-refractivity contribution in [1.82, 2.24) is 15.3 Å². The van der Waals surface area contributed by atoms with Gasteiger partial charge in [0.1, 0.15) is 10.1 Å². The summed E-state index contributed by atoms with van der Waals surface area (Å²) in [5.74, 6) is 1.46. The lowest BCUT2D eigenvalue weighted by atomic mass is 10.1. The van der Waals surface area contributed by atoms with Gasteiger partial charge in [-0.05, 0) is 30.2 Å². The highest BCUT2D eigenvalue weighted by molar-refractivity contribution is 8.22. The van der Waals surface area contributed by atoms with E-state index < -0.39 is 0 Å². The lowest BCUT2D eigenvalue weighted by molar-refractivity contribution is 0.940. The largest absolute Gasteiger partial charge is 0.367 e. The van der Waals surface area contributed by atoms with Crippen LogP contribution in [-0.4, -0.2) is 14.3 Å². The quantitative estimate of drug-likeness (QED) is 0.701. The normalized spacial score (nSPS) is 10.7. The molecule has 122 valence electrons. The molecule has 0 atom stereocenters. The fourth-order valence-electron chi connectivity index (χ4n) is 2.36. The van der Waals surface area contributed by atoms with Crippen LogP contribution in [0.3, 0.4) is 0 Å². The summed E-state index contributed by atoms with van der Waals surface area (Å²) >= 11 is 6.96. The molecule has 3 rings (SSSR count). The fraction of sp³-hybridized carbons (Fsp3) is 0.167. The molecule has 4 nitrogen and oxygen atoms in total. The van der Waals surface area contributed by atoms with Crippen LogP contribution in [0.25, 0.3) is 10.9 Å². The molecule has 0 fully saturated rings. The number of rotatable bonds is 4. The minimum Gasteiger partial charge on any atom is -0.367 e. The minimum absolute atomic E-state index is 0.111. The Kier molecular flexibility index (Phi) is 5.27. The number of H-pyrrole nitrogens is 1. The lowest BCUT2D eigenvalue weighted by Gasteiger charge is -2.08. The van der Waals surface area contributed by atoms with Crippen LogP contribution in [0, 0.1) is 6.92 Å². The molecule has 6 heteroatoms. The van der Waals surface area contributed by atoms with Gasteiger partial charge in [0.25, 0.3) is 5.56 Å². The van der Waals surface area contributed by atoms with Gasteiger partial charge >= 0.3 is 0 Å². The second-order valence-corrected chi connectivity index (χ2v) is 7.07. The van der Waals surface area contributed by atoms with Gasteiger partial charge in [-0.25, -0.2) is 4.98 Å².